The van der Waals surface area contributed by atoms with Gasteiger partial charge in [0.25, 0.3) is 0 Å². The van der Waals surface area contributed by atoms with Crippen LogP contribution in [-0.2, 0) is 19.5 Å². The first kappa shape index (κ1) is 29.3. The van der Waals surface area contributed by atoms with Crippen LogP contribution in [0.2, 0.25) is 18.1 Å². The van der Waals surface area contributed by atoms with E-state index in [9.17, 15) is 5.11 Å². The minimum atomic E-state index is -2.07. The van der Waals surface area contributed by atoms with Crippen molar-refractivity contribution in [3.63, 3.8) is 0 Å². The van der Waals surface area contributed by atoms with Gasteiger partial charge in [-0.15, -0.1) is 0 Å². The lowest BCUT2D eigenvalue weighted by molar-refractivity contribution is -0.125. The molecule has 1 fully saturated rings. The van der Waals surface area contributed by atoms with Crippen LogP contribution in [0.4, 0.5) is 0 Å². The maximum Gasteiger partial charge on any atom is 0.195 e. The Morgan fingerprint density at radius 2 is 1.28 bits per heavy atom. The predicted octanol–water partition coefficient (Wildman–Crippen LogP) is 6.51. The molecule has 0 spiro atoms. The minimum absolute atomic E-state index is 0.0428. The summed E-state index contributed by atoms with van der Waals surface area (Å²) in [4.78, 5) is 0. The summed E-state index contributed by atoms with van der Waals surface area (Å²) in [5.41, 5.74) is 1.85. The molecule has 0 unspecified atom stereocenters. The van der Waals surface area contributed by atoms with Crippen molar-refractivity contribution in [2.45, 2.75) is 69.4 Å². The van der Waals surface area contributed by atoms with Gasteiger partial charge in [-0.1, -0.05) is 75.4 Å². The van der Waals surface area contributed by atoms with Crippen LogP contribution in [0.25, 0.3) is 0 Å². The van der Waals surface area contributed by atoms with E-state index in [1.807, 2.05) is 66.7 Å². The standard InChI is InChI=1S/C32H42O6Si/c1-31(2,3)39(6,7)38-30-21-28(33)29(37-30)22-36-32(23-11-9-8-10-12-23,24-13-17-26(34-4)18-14-24)25-15-19-27(35-5)20-16-25/h8-20,28-30,33H,21-22H2,1-7H3/t28-,29+,30-/m0/s1. The summed E-state index contributed by atoms with van der Waals surface area (Å²) in [7, 11) is 1.24. The van der Waals surface area contributed by atoms with Crippen molar-refractivity contribution in [2.75, 3.05) is 20.8 Å². The molecule has 210 valence electrons. The van der Waals surface area contributed by atoms with Crippen LogP contribution in [0, 0.1) is 0 Å². The normalized spacial score (nSPS) is 20.2. The van der Waals surface area contributed by atoms with E-state index < -0.39 is 32.4 Å². The van der Waals surface area contributed by atoms with E-state index >= 15 is 0 Å². The van der Waals surface area contributed by atoms with Crippen molar-refractivity contribution in [3.8, 4) is 11.5 Å². The molecule has 1 heterocycles. The third-order valence-corrected chi connectivity index (χ3v) is 12.5. The van der Waals surface area contributed by atoms with E-state index in [0.29, 0.717) is 6.42 Å². The zero-order chi connectivity index (χ0) is 28.3. The molecule has 0 aliphatic carbocycles. The second-order valence-corrected chi connectivity index (χ2v) is 16.4. The SMILES string of the molecule is COc1ccc(C(OC[C@H]2O[C@@H](O[Si](C)(C)C(C)(C)C)C[C@@H]2O)(c2ccccc2)c2ccc(OC)cc2)cc1. The van der Waals surface area contributed by atoms with Crippen molar-refractivity contribution >= 4 is 8.32 Å². The molecule has 39 heavy (non-hydrogen) atoms. The van der Waals surface area contributed by atoms with E-state index in [4.69, 9.17) is 23.4 Å². The molecule has 3 aromatic rings. The lowest BCUT2D eigenvalue weighted by Gasteiger charge is -2.38. The highest BCUT2D eigenvalue weighted by molar-refractivity contribution is 6.74. The number of benzene rings is 3. The summed E-state index contributed by atoms with van der Waals surface area (Å²) in [6.07, 6.45) is -1.26. The highest BCUT2D eigenvalue weighted by Gasteiger charge is 2.45. The Morgan fingerprint density at radius 3 is 1.74 bits per heavy atom. The van der Waals surface area contributed by atoms with Gasteiger partial charge in [0.15, 0.2) is 14.6 Å². The van der Waals surface area contributed by atoms with Gasteiger partial charge in [-0.3, -0.25) is 0 Å². The molecule has 1 aliphatic heterocycles. The zero-order valence-electron chi connectivity index (χ0n) is 24.1. The Hall–Kier alpha value is -2.68. The maximum atomic E-state index is 11.0. The van der Waals surface area contributed by atoms with Crippen molar-refractivity contribution in [1.29, 1.82) is 0 Å². The fourth-order valence-electron chi connectivity index (χ4n) is 4.70. The van der Waals surface area contributed by atoms with Gasteiger partial charge in [0.1, 0.15) is 23.2 Å². The van der Waals surface area contributed by atoms with Crippen LogP contribution < -0.4 is 9.47 Å². The highest BCUT2D eigenvalue weighted by Crippen LogP contribution is 2.43. The molecule has 3 aromatic carbocycles. The molecule has 0 amide bonds. The van der Waals surface area contributed by atoms with Gasteiger partial charge in [-0.05, 0) is 59.1 Å². The summed E-state index contributed by atoms with van der Waals surface area (Å²) in [5.74, 6) is 1.52. The van der Waals surface area contributed by atoms with Gasteiger partial charge in [0.05, 0.1) is 26.9 Å². The van der Waals surface area contributed by atoms with E-state index in [2.05, 4.69) is 46.0 Å². The van der Waals surface area contributed by atoms with Gasteiger partial charge in [0, 0.05) is 6.42 Å². The summed E-state index contributed by atoms with van der Waals surface area (Å²) in [6, 6.07) is 25.9. The van der Waals surface area contributed by atoms with E-state index in [1.165, 1.54) is 0 Å². The van der Waals surface area contributed by atoms with Crippen LogP contribution in [0.3, 0.4) is 0 Å². The number of hydrogen-bond acceptors (Lipinski definition) is 6. The van der Waals surface area contributed by atoms with E-state index in [1.54, 1.807) is 14.2 Å². The molecular formula is C32H42O6Si. The number of ether oxygens (including phenoxy) is 4. The Balaban J connectivity index is 1.70. The average molecular weight is 551 g/mol. The van der Waals surface area contributed by atoms with Crippen LogP contribution in [0.15, 0.2) is 78.9 Å². The van der Waals surface area contributed by atoms with E-state index in [0.717, 1.165) is 28.2 Å². The van der Waals surface area contributed by atoms with Crippen molar-refractivity contribution in [1.82, 2.24) is 0 Å². The van der Waals surface area contributed by atoms with Gasteiger partial charge < -0.3 is 28.5 Å². The number of hydrogen-bond donors (Lipinski definition) is 1. The molecule has 7 heteroatoms. The molecule has 0 saturated carbocycles. The van der Waals surface area contributed by atoms with Crippen LogP contribution >= 0.6 is 0 Å². The van der Waals surface area contributed by atoms with Crippen molar-refractivity contribution in [2.24, 2.45) is 0 Å². The Kier molecular flexibility index (Phi) is 8.88. The molecule has 4 rings (SSSR count). The fraction of sp³-hybridized carbons (Fsp3) is 0.438. The maximum absolute atomic E-state index is 11.0. The van der Waals surface area contributed by atoms with Gasteiger partial charge >= 0.3 is 0 Å². The smallest absolute Gasteiger partial charge is 0.195 e. The van der Waals surface area contributed by atoms with Gasteiger partial charge in [-0.2, -0.15) is 0 Å². The largest absolute Gasteiger partial charge is 0.497 e. The quantitative estimate of drug-likeness (QED) is 0.229. The summed E-state index contributed by atoms with van der Waals surface area (Å²) < 4.78 is 30.5. The fourth-order valence-corrected chi connectivity index (χ4v) is 5.87. The molecule has 0 radical (unpaired) electrons. The van der Waals surface area contributed by atoms with E-state index in [-0.39, 0.29) is 11.6 Å². The van der Waals surface area contributed by atoms with Crippen molar-refractivity contribution < 1.29 is 28.5 Å². The predicted molar refractivity (Wildman–Crippen MR) is 156 cm³/mol. The van der Waals surface area contributed by atoms with Crippen LogP contribution in [0.5, 0.6) is 11.5 Å². The molecule has 0 aromatic heterocycles. The molecule has 0 bridgehead atoms. The highest BCUT2D eigenvalue weighted by atomic mass is 28.4. The number of rotatable bonds is 10. The number of methoxy groups -OCH3 is 2. The number of aliphatic hydroxyl groups is 1. The Bertz CT molecular complexity index is 1140. The van der Waals surface area contributed by atoms with Gasteiger partial charge in [-0.25, -0.2) is 0 Å². The summed E-state index contributed by atoms with van der Waals surface area (Å²) in [6.45, 7) is 11.2. The number of aliphatic hydroxyl groups excluding tert-OH is 1. The first-order valence-corrected chi connectivity index (χ1v) is 16.4. The Morgan fingerprint density at radius 1 is 0.795 bits per heavy atom. The van der Waals surface area contributed by atoms with Crippen LogP contribution in [0.1, 0.15) is 43.9 Å². The second-order valence-electron chi connectivity index (χ2n) is 11.6. The average Bonchev–Trinajstić information content (AvgIpc) is 3.27. The zero-order valence-corrected chi connectivity index (χ0v) is 25.1. The first-order valence-electron chi connectivity index (χ1n) is 13.5. The molecule has 1 aliphatic rings. The minimum Gasteiger partial charge on any atom is -0.497 e. The van der Waals surface area contributed by atoms with Gasteiger partial charge in [0.2, 0.25) is 0 Å². The third-order valence-electron chi connectivity index (χ3n) is 8.06. The lowest BCUT2D eigenvalue weighted by atomic mass is 9.80. The molecule has 3 atom stereocenters. The molecule has 1 saturated heterocycles. The van der Waals surface area contributed by atoms with Crippen LogP contribution in [-0.4, -0.2) is 52.7 Å². The topological polar surface area (TPSA) is 66.4 Å². The molecule has 1 N–H and O–H groups in total. The summed E-state index contributed by atoms with van der Waals surface area (Å²) in [5, 5.41) is 11.0. The Labute approximate surface area is 234 Å². The lowest BCUT2D eigenvalue weighted by Crippen LogP contribution is -2.44. The second kappa shape index (κ2) is 11.8. The van der Waals surface area contributed by atoms with Crippen molar-refractivity contribution in [3.05, 3.63) is 95.6 Å². The molecular weight excluding hydrogens is 508 g/mol. The molecule has 6 nitrogen and oxygen atoms in total. The summed E-state index contributed by atoms with van der Waals surface area (Å²) >= 11 is 0. The monoisotopic (exact) mass is 550 g/mol. The third kappa shape index (κ3) is 6.23. The first-order chi connectivity index (χ1) is 18.5.